The first-order chi connectivity index (χ1) is 14.1. The van der Waals surface area contributed by atoms with E-state index in [0.29, 0.717) is 23.9 Å². The van der Waals surface area contributed by atoms with Crippen molar-refractivity contribution in [3.8, 4) is 22.9 Å². The Labute approximate surface area is 174 Å². The van der Waals surface area contributed by atoms with Gasteiger partial charge in [-0.25, -0.2) is 4.98 Å². The maximum Gasteiger partial charge on any atom is 0.255 e. The molecule has 6 nitrogen and oxygen atoms in total. The van der Waals surface area contributed by atoms with Gasteiger partial charge in [0.2, 0.25) is 0 Å². The second-order valence-corrected chi connectivity index (χ2v) is 7.42. The second-order valence-electron chi connectivity index (χ2n) is 6.99. The summed E-state index contributed by atoms with van der Waals surface area (Å²) >= 11 is 5.95. The summed E-state index contributed by atoms with van der Waals surface area (Å²) in [4.78, 5) is 22.6. The topological polar surface area (TPSA) is 67.5 Å². The van der Waals surface area contributed by atoms with E-state index in [2.05, 4.69) is 9.88 Å². The van der Waals surface area contributed by atoms with E-state index >= 15 is 0 Å². The van der Waals surface area contributed by atoms with Crippen LogP contribution in [0.5, 0.6) is 11.5 Å². The number of fused-ring (bicyclic) bond motifs is 1. The van der Waals surface area contributed by atoms with Crippen molar-refractivity contribution in [3.05, 3.63) is 74.7 Å². The van der Waals surface area contributed by atoms with Crippen molar-refractivity contribution in [2.24, 2.45) is 0 Å². The third kappa shape index (κ3) is 4.13. The number of methoxy groups -OCH3 is 2. The Morgan fingerprint density at radius 1 is 1.14 bits per heavy atom. The summed E-state index contributed by atoms with van der Waals surface area (Å²) in [6, 6.07) is 13.1. The molecule has 0 aliphatic carbocycles. The summed E-state index contributed by atoms with van der Waals surface area (Å²) in [5.41, 5.74) is 3.39. The molecule has 0 spiro atoms. The molecule has 0 saturated heterocycles. The summed E-state index contributed by atoms with van der Waals surface area (Å²) in [5, 5.41) is 0.652. The fraction of sp³-hybridized carbons (Fsp3) is 0.273. The van der Waals surface area contributed by atoms with Crippen LogP contribution in [0, 0.1) is 0 Å². The quantitative estimate of drug-likeness (QED) is 0.693. The van der Waals surface area contributed by atoms with Crippen LogP contribution in [0.25, 0.3) is 11.4 Å². The Bertz CT molecular complexity index is 1080. The normalized spacial score (nSPS) is 13.8. The molecule has 7 heteroatoms. The first-order valence-electron chi connectivity index (χ1n) is 9.38. The number of H-pyrrole nitrogens is 1. The van der Waals surface area contributed by atoms with Gasteiger partial charge in [-0.1, -0.05) is 17.7 Å². The Balaban J connectivity index is 1.56. The van der Waals surface area contributed by atoms with Crippen molar-refractivity contribution >= 4 is 11.6 Å². The number of ether oxygens (including phenoxy) is 2. The molecular formula is C22H22ClN3O3. The zero-order valence-electron chi connectivity index (χ0n) is 16.4. The van der Waals surface area contributed by atoms with E-state index in [1.165, 1.54) is 0 Å². The lowest BCUT2D eigenvalue weighted by atomic mass is 10.0. The Hall–Kier alpha value is -2.83. The van der Waals surface area contributed by atoms with Crippen LogP contribution in [0.15, 0.2) is 47.3 Å². The van der Waals surface area contributed by atoms with Gasteiger partial charge in [0.1, 0.15) is 17.3 Å². The van der Waals surface area contributed by atoms with E-state index in [1.54, 1.807) is 26.4 Å². The standard InChI is InChI=1S/C22H22ClN3O3/c1-28-17-8-5-15(20(11-17)29-2)12-26-10-9-19-18(13-26)22(27)25-21(24-19)14-3-6-16(23)7-4-14/h3-8,11H,9-10,12-13H2,1-2H3,(H,24,25,27). The summed E-state index contributed by atoms with van der Waals surface area (Å²) in [6.07, 6.45) is 0.721. The van der Waals surface area contributed by atoms with E-state index < -0.39 is 0 Å². The molecule has 150 valence electrons. The number of aromatic amines is 1. The van der Waals surface area contributed by atoms with E-state index in [1.807, 2.05) is 30.3 Å². The average Bonchev–Trinajstić information content (AvgIpc) is 2.75. The second kappa shape index (κ2) is 8.27. The number of halogens is 1. The van der Waals surface area contributed by atoms with Gasteiger partial charge in [-0.3, -0.25) is 9.69 Å². The third-order valence-electron chi connectivity index (χ3n) is 5.15. The highest BCUT2D eigenvalue weighted by atomic mass is 35.5. The SMILES string of the molecule is COc1ccc(CN2CCc3nc(-c4ccc(Cl)cc4)[nH]c(=O)c3C2)c(OC)c1. The smallest absolute Gasteiger partial charge is 0.255 e. The number of benzene rings is 2. The lowest BCUT2D eigenvalue weighted by molar-refractivity contribution is 0.238. The Morgan fingerprint density at radius 3 is 2.66 bits per heavy atom. The van der Waals surface area contributed by atoms with Gasteiger partial charge in [0.05, 0.1) is 25.5 Å². The summed E-state index contributed by atoms with van der Waals surface area (Å²) in [7, 11) is 3.28. The zero-order chi connectivity index (χ0) is 20.4. The van der Waals surface area contributed by atoms with Gasteiger partial charge >= 0.3 is 0 Å². The monoisotopic (exact) mass is 411 g/mol. The summed E-state index contributed by atoms with van der Waals surface area (Å²) < 4.78 is 10.8. The molecule has 2 aromatic carbocycles. The molecule has 4 rings (SSSR count). The van der Waals surface area contributed by atoms with Crippen molar-refractivity contribution in [1.29, 1.82) is 0 Å². The van der Waals surface area contributed by atoms with E-state index in [9.17, 15) is 4.79 Å². The zero-order valence-corrected chi connectivity index (χ0v) is 17.1. The van der Waals surface area contributed by atoms with Crippen molar-refractivity contribution < 1.29 is 9.47 Å². The van der Waals surface area contributed by atoms with Gasteiger partial charge in [0.25, 0.3) is 5.56 Å². The van der Waals surface area contributed by atoms with Gasteiger partial charge in [0, 0.05) is 48.3 Å². The van der Waals surface area contributed by atoms with Gasteiger partial charge in [-0.15, -0.1) is 0 Å². The average molecular weight is 412 g/mol. The van der Waals surface area contributed by atoms with Gasteiger partial charge in [0.15, 0.2) is 0 Å². The Kier molecular flexibility index (Phi) is 5.56. The number of rotatable bonds is 5. The minimum atomic E-state index is -0.0913. The van der Waals surface area contributed by atoms with Gasteiger partial charge in [-0.2, -0.15) is 0 Å². The minimum Gasteiger partial charge on any atom is -0.497 e. The van der Waals surface area contributed by atoms with Crippen LogP contribution >= 0.6 is 11.6 Å². The predicted octanol–water partition coefficient (Wildman–Crippen LogP) is 3.67. The predicted molar refractivity (Wildman–Crippen MR) is 113 cm³/mol. The number of hydrogen-bond donors (Lipinski definition) is 1. The first kappa shape index (κ1) is 19.5. The van der Waals surface area contributed by atoms with Crippen LogP contribution in [-0.2, 0) is 19.5 Å². The van der Waals surface area contributed by atoms with E-state index in [4.69, 9.17) is 26.1 Å². The van der Waals surface area contributed by atoms with Gasteiger partial charge in [-0.05, 0) is 30.3 Å². The van der Waals surface area contributed by atoms with Crippen molar-refractivity contribution in [1.82, 2.24) is 14.9 Å². The first-order valence-corrected chi connectivity index (χ1v) is 9.76. The molecule has 3 aromatic rings. The summed E-state index contributed by atoms with van der Waals surface area (Å²) in [5.74, 6) is 2.11. The fourth-order valence-corrected chi connectivity index (χ4v) is 3.71. The van der Waals surface area contributed by atoms with Crippen LogP contribution in [0.1, 0.15) is 16.8 Å². The molecule has 29 heavy (non-hydrogen) atoms. The highest BCUT2D eigenvalue weighted by Gasteiger charge is 2.22. The largest absolute Gasteiger partial charge is 0.497 e. The third-order valence-corrected chi connectivity index (χ3v) is 5.41. The van der Waals surface area contributed by atoms with Crippen LogP contribution in [-0.4, -0.2) is 35.6 Å². The van der Waals surface area contributed by atoms with Gasteiger partial charge < -0.3 is 14.5 Å². The molecule has 0 saturated carbocycles. The number of hydrogen-bond acceptors (Lipinski definition) is 5. The minimum absolute atomic E-state index is 0.0913. The van der Waals surface area contributed by atoms with Crippen LogP contribution in [0.2, 0.25) is 5.02 Å². The molecule has 0 unspecified atom stereocenters. The number of aromatic nitrogens is 2. The molecule has 2 heterocycles. The molecule has 1 N–H and O–H groups in total. The lowest BCUT2D eigenvalue weighted by Gasteiger charge is -2.28. The van der Waals surface area contributed by atoms with Crippen molar-refractivity contribution in [3.63, 3.8) is 0 Å². The van der Waals surface area contributed by atoms with Crippen LogP contribution in [0.4, 0.5) is 0 Å². The maximum absolute atomic E-state index is 12.7. The maximum atomic E-state index is 12.7. The fourth-order valence-electron chi connectivity index (χ4n) is 3.58. The Morgan fingerprint density at radius 2 is 1.93 bits per heavy atom. The molecule has 1 aliphatic heterocycles. The lowest BCUT2D eigenvalue weighted by Crippen LogP contribution is -2.35. The highest BCUT2D eigenvalue weighted by Crippen LogP contribution is 2.27. The molecular weight excluding hydrogens is 390 g/mol. The van der Waals surface area contributed by atoms with E-state index in [0.717, 1.165) is 46.8 Å². The van der Waals surface area contributed by atoms with Crippen LogP contribution < -0.4 is 15.0 Å². The molecule has 0 bridgehead atoms. The molecule has 1 aromatic heterocycles. The molecule has 0 radical (unpaired) electrons. The number of nitrogens with one attached hydrogen (secondary N) is 1. The van der Waals surface area contributed by atoms with Crippen molar-refractivity contribution in [2.75, 3.05) is 20.8 Å². The number of nitrogens with zero attached hydrogens (tertiary/aromatic N) is 2. The van der Waals surface area contributed by atoms with Crippen molar-refractivity contribution in [2.45, 2.75) is 19.5 Å². The van der Waals surface area contributed by atoms with Crippen LogP contribution in [0.3, 0.4) is 0 Å². The molecule has 0 atom stereocenters. The molecule has 0 fully saturated rings. The molecule has 1 aliphatic rings. The molecule has 0 amide bonds. The van der Waals surface area contributed by atoms with E-state index in [-0.39, 0.29) is 5.56 Å². The summed E-state index contributed by atoms with van der Waals surface area (Å²) in [6.45, 7) is 2.05. The highest BCUT2D eigenvalue weighted by molar-refractivity contribution is 6.30.